The fourth-order valence-corrected chi connectivity index (χ4v) is 3.63. The SMILES string of the molecule is CC(C)C(SCc1ccccc1)C(=O)NCCc1ccc(N)cc1.Cl. The Kier molecular flexibility index (Phi) is 9.46. The van der Waals surface area contributed by atoms with Crippen LogP contribution in [0.15, 0.2) is 54.6 Å². The Labute approximate surface area is 161 Å². The van der Waals surface area contributed by atoms with Crippen LogP contribution in [0.25, 0.3) is 0 Å². The molecule has 0 aliphatic heterocycles. The molecule has 1 atom stereocenters. The van der Waals surface area contributed by atoms with Crippen molar-refractivity contribution >= 4 is 35.8 Å². The summed E-state index contributed by atoms with van der Waals surface area (Å²) in [6, 6.07) is 18.1. The monoisotopic (exact) mass is 378 g/mol. The lowest BCUT2D eigenvalue weighted by Crippen LogP contribution is -2.37. The molecule has 0 heterocycles. The van der Waals surface area contributed by atoms with Gasteiger partial charge in [0.05, 0.1) is 5.25 Å². The Morgan fingerprint density at radius 3 is 2.28 bits per heavy atom. The van der Waals surface area contributed by atoms with Crippen LogP contribution in [0.5, 0.6) is 0 Å². The van der Waals surface area contributed by atoms with E-state index in [2.05, 4.69) is 31.3 Å². The molecule has 0 aliphatic rings. The van der Waals surface area contributed by atoms with E-state index in [1.165, 1.54) is 11.1 Å². The average Bonchev–Trinajstić information content (AvgIpc) is 2.57. The van der Waals surface area contributed by atoms with Crippen molar-refractivity contribution in [2.75, 3.05) is 12.3 Å². The Bertz CT molecular complexity index is 632. The summed E-state index contributed by atoms with van der Waals surface area (Å²) in [5.74, 6) is 1.28. The van der Waals surface area contributed by atoms with Gasteiger partial charge in [-0.3, -0.25) is 4.79 Å². The van der Waals surface area contributed by atoms with Crippen LogP contribution in [-0.4, -0.2) is 17.7 Å². The third kappa shape index (κ3) is 7.41. The molecule has 0 fully saturated rings. The van der Waals surface area contributed by atoms with Gasteiger partial charge in [0.15, 0.2) is 0 Å². The van der Waals surface area contributed by atoms with E-state index in [1.807, 2.05) is 42.5 Å². The second-order valence-electron chi connectivity index (χ2n) is 6.24. The number of nitrogen functional groups attached to an aromatic ring is 1. The van der Waals surface area contributed by atoms with Crippen LogP contribution in [0, 0.1) is 5.92 Å². The number of hydrogen-bond donors (Lipinski definition) is 2. The lowest BCUT2D eigenvalue weighted by Gasteiger charge is -2.20. The molecule has 0 saturated carbocycles. The highest BCUT2D eigenvalue weighted by atomic mass is 35.5. The minimum absolute atomic E-state index is 0. The fraction of sp³-hybridized carbons (Fsp3) is 0.350. The molecule has 3 N–H and O–H groups in total. The summed E-state index contributed by atoms with van der Waals surface area (Å²) in [6.07, 6.45) is 0.820. The molecule has 0 spiro atoms. The molecular weight excluding hydrogens is 352 g/mol. The lowest BCUT2D eigenvalue weighted by atomic mass is 10.1. The van der Waals surface area contributed by atoms with E-state index < -0.39 is 0 Å². The number of nitrogens with one attached hydrogen (secondary N) is 1. The molecule has 0 saturated heterocycles. The Balaban J connectivity index is 0.00000312. The number of halogens is 1. The maximum absolute atomic E-state index is 12.5. The predicted molar refractivity (Wildman–Crippen MR) is 111 cm³/mol. The normalized spacial score (nSPS) is 11.6. The van der Waals surface area contributed by atoms with Crippen molar-refractivity contribution in [2.24, 2.45) is 5.92 Å². The van der Waals surface area contributed by atoms with Crippen LogP contribution >= 0.6 is 24.2 Å². The molecule has 3 nitrogen and oxygen atoms in total. The molecule has 1 unspecified atom stereocenters. The quantitative estimate of drug-likeness (QED) is 0.673. The summed E-state index contributed by atoms with van der Waals surface area (Å²) in [5.41, 5.74) is 8.88. The van der Waals surface area contributed by atoms with Gasteiger partial charge in [-0.05, 0) is 35.6 Å². The minimum atomic E-state index is -0.0309. The topological polar surface area (TPSA) is 55.1 Å². The van der Waals surface area contributed by atoms with E-state index in [9.17, 15) is 4.79 Å². The summed E-state index contributed by atoms with van der Waals surface area (Å²) in [5, 5.41) is 3.04. The van der Waals surface area contributed by atoms with Gasteiger partial charge in [0, 0.05) is 18.0 Å². The Morgan fingerprint density at radius 2 is 1.68 bits per heavy atom. The van der Waals surface area contributed by atoms with Gasteiger partial charge in [-0.2, -0.15) is 0 Å². The Morgan fingerprint density at radius 1 is 1.04 bits per heavy atom. The molecule has 2 aromatic carbocycles. The fourth-order valence-electron chi connectivity index (χ4n) is 2.45. The molecule has 5 heteroatoms. The van der Waals surface area contributed by atoms with E-state index in [0.717, 1.165) is 17.9 Å². The highest BCUT2D eigenvalue weighted by molar-refractivity contribution is 7.99. The molecule has 2 aromatic rings. The van der Waals surface area contributed by atoms with E-state index in [0.29, 0.717) is 12.5 Å². The summed E-state index contributed by atoms with van der Waals surface area (Å²) >= 11 is 1.71. The highest BCUT2D eigenvalue weighted by Crippen LogP contribution is 2.24. The zero-order valence-corrected chi connectivity index (χ0v) is 16.4. The van der Waals surface area contributed by atoms with Crippen molar-refractivity contribution in [2.45, 2.75) is 31.3 Å². The second-order valence-corrected chi connectivity index (χ2v) is 7.37. The largest absolute Gasteiger partial charge is 0.399 e. The summed E-state index contributed by atoms with van der Waals surface area (Å²) < 4.78 is 0. The third-order valence-corrected chi connectivity index (χ3v) is 5.45. The average molecular weight is 379 g/mol. The van der Waals surface area contributed by atoms with Crippen LogP contribution in [0.3, 0.4) is 0 Å². The highest BCUT2D eigenvalue weighted by Gasteiger charge is 2.22. The molecule has 0 aliphatic carbocycles. The van der Waals surface area contributed by atoms with Crippen molar-refractivity contribution in [1.82, 2.24) is 5.32 Å². The zero-order chi connectivity index (χ0) is 17.4. The molecule has 25 heavy (non-hydrogen) atoms. The standard InChI is InChI=1S/C20H26N2OS.ClH/c1-15(2)19(24-14-17-6-4-3-5-7-17)20(23)22-13-12-16-8-10-18(21)11-9-16;/h3-11,15,19H,12-14,21H2,1-2H3,(H,22,23);1H. The number of anilines is 1. The first-order valence-electron chi connectivity index (χ1n) is 8.34. The maximum Gasteiger partial charge on any atom is 0.233 e. The van der Waals surface area contributed by atoms with Gasteiger partial charge in [0.25, 0.3) is 0 Å². The van der Waals surface area contributed by atoms with Gasteiger partial charge in [0.2, 0.25) is 5.91 Å². The number of hydrogen-bond acceptors (Lipinski definition) is 3. The van der Waals surface area contributed by atoms with E-state index in [4.69, 9.17) is 5.73 Å². The number of carbonyl (C=O) groups is 1. The van der Waals surface area contributed by atoms with Crippen LogP contribution in [-0.2, 0) is 17.0 Å². The Hall–Kier alpha value is -1.65. The van der Waals surface area contributed by atoms with Crippen LogP contribution in [0.2, 0.25) is 0 Å². The number of rotatable bonds is 8. The number of amides is 1. The van der Waals surface area contributed by atoms with Crippen molar-refractivity contribution in [1.29, 1.82) is 0 Å². The molecule has 0 radical (unpaired) electrons. The van der Waals surface area contributed by atoms with Gasteiger partial charge in [-0.15, -0.1) is 24.2 Å². The molecule has 2 rings (SSSR count). The van der Waals surface area contributed by atoms with Crippen molar-refractivity contribution < 1.29 is 4.79 Å². The van der Waals surface area contributed by atoms with E-state index in [-0.39, 0.29) is 23.6 Å². The zero-order valence-electron chi connectivity index (χ0n) is 14.8. The number of nitrogens with two attached hydrogens (primary N) is 1. The van der Waals surface area contributed by atoms with Crippen molar-refractivity contribution in [3.05, 3.63) is 65.7 Å². The number of benzene rings is 2. The maximum atomic E-state index is 12.5. The smallest absolute Gasteiger partial charge is 0.233 e. The molecule has 0 bridgehead atoms. The van der Waals surface area contributed by atoms with Crippen LogP contribution < -0.4 is 11.1 Å². The van der Waals surface area contributed by atoms with Gasteiger partial charge >= 0.3 is 0 Å². The van der Waals surface area contributed by atoms with Gasteiger partial charge < -0.3 is 11.1 Å². The second kappa shape index (κ2) is 11.1. The first kappa shape index (κ1) is 21.4. The van der Waals surface area contributed by atoms with Gasteiger partial charge in [-0.1, -0.05) is 56.3 Å². The van der Waals surface area contributed by atoms with E-state index in [1.54, 1.807) is 11.8 Å². The molecule has 136 valence electrons. The lowest BCUT2D eigenvalue weighted by molar-refractivity contribution is -0.121. The number of thioether (sulfide) groups is 1. The minimum Gasteiger partial charge on any atom is -0.399 e. The summed E-state index contributed by atoms with van der Waals surface area (Å²) in [4.78, 5) is 12.5. The van der Waals surface area contributed by atoms with Crippen molar-refractivity contribution in [3.63, 3.8) is 0 Å². The van der Waals surface area contributed by atoms with Gasteiger partial charge in [-0.25, -0.2) is 0 Å². The first-order valence-corrected chi connectivity index (χ1v) is 9.39. The first-order chi connectivity index (χ1) is 11.6. The third-order valence-electron chi connectivity index (χ3n) is 3.83. The van der Waals surface area contributed by atoms with E-state index >= 15 is 0 Å². The van der Waals surface area contributed by atoms with Gasteiger partial charge in [0.1, 0.15) is 0 Å². The molecule has 1 amide bonds. The summed E-state index contributed by atoms with van der Waals surface area (Å²) in [6.45, 7) is 4.85. The predicted octanol–water partition coefficient (Wildman–Crippen LogP) is 4.31. The van der Waals surface area contributed by atoms with Crippen LogP contribution in [0.4, 0.5) is 5.69 Å². The molecular formula is C20H27ClN2OS. The number of carbonyl (C=O) groups excluding carboxylic acids is 1. The summed E-state index contributed by atoms with van der Waals surface area (Å²) in [7, 11) is 0. The van der Waals surface area contributed by atoms with Crippen LogP contribution in [0.1, 0.15) is 25.0 Å². The molecule has 0 aromatic heterocycles. The van der Waals surface area contributed by atoms with Crippen molar-refractivity contribution in [3.8, 4) is 0 Å².